The van der Waals surface area contributed by atoms with Gasteiger partial charge in [0, 0.05) is 37.6 Å². The molecule has 10 aromatic rings. The van der Waals surface area contributed by atoms with Crippen LogP contribution in [0.25, 0.3) is 75.1 Å². The summed E-state index contributed by atoms with van der Waals surface area (Å²) in [5, 5.41) is 7.29. The molecule has 0 amide bonds. The molecule has 0 fully saturated rings. The molecular weight excluding hydrogens is 615 g/mol. The minimum atomic E-state index is 0.893. The SMILES string of the molecule is c1ccc(-c2cccc3c2sc2c(N(c4ccc(-c5ccc6ccccc6c5)cc4)c4ccc5oc6ccccc6c5c4)cccc23)cc1. The van der Waals surface area contributed by atoms with Crippen molar-refractivity contribution in [3.63, 3.8) is 0 Å². The van der Waals surface area contributed by atoms with Gasteiger partial charge in [0.05, 0.1) is 10.4 Å². The summed E-state index contributed by atoms with van der Waals surface area (Å²) in [4.78, 5) is 2.41. The average Bonchev–Trinajstić information content (AvgIpc) is 3.74. The summed E-state index contributed by atoms with van der Waals surface area (Å²) in [7, 11) is 0. The third-order valence-corrected chi connectivity index (χ3v) is 10.9. The van der Waals surface area contributed by atoms with Crippen molar-refractivity contribution in [2.75, 3.05) is 4.90 Å². The molecule has 2 aromatic heterocycles. The number of benzene rings is 8. The van der Waals surface area contributed by atoms with Crippen LogP contribution < -0.4 is 4.90 Å². The van der Waals surface area contributed by atoms with Crippen molar-refractivity contribution < 1.29 is 4.42 Å². The van der Waals surface area contributed by atoms with Gasteiger partial charge in [-0.1, -0.05) is 127 Å². The van der Waals surface area contributed by atoms with Gasteiger partial charge in [-0.15, -0.1) is 11.3 Å². The van der Waals surface area contributed by atoms with Gasteiger partial charge in [0.25, 0.3) is 0 Å². The minimum Gasteiger partial charge on any atom is -0.456 e. The summed E-state index contributed by atoms with van der Waals surface area (Å²) < 4.78 is 8.81. The van der Waals surface area contributed by atoms with Crippen molar-refractivity contribution in [1.29, 1.82) is 0 Å². The number of fused-ring (bicyclic) bond motifs is 7. The number of anilines is 3. The smallest absolute Gasteiger partial charge is 0.135 e. The second kappa shape index (κ2) is 11.2. The average molecular weight is 644 g/mol. The van der Waals surface area contributed by atoms with Gasteiger partial charge in [-0.3, -0.25) is 0 Å². The van der Waals surface area contributed by atoms with Crippen LogP contribution in [0, 0.1) is 0 Å². The van der Waals surface area contributed by atoms with Gasteiger partial charge in [-0.05, 0) is 81.6 Å². The van der Waals surface area contributed by atoms with Crippen molar-refractivity contribution in [3.8, 4) is 22.3 Å². The zero-order valence-corrected chi connectivity index (χ0v) is 27.3. The van der Waals surface area contributed by atoms with E-state index in [1.807, 2.05) is 23.5 Å². The first-order valence-electron chi connectivity index (χ1n) is 16.6. The highest BCUT2D eigenvalue weighted by Crippen LogP contribution is 2.48. The van der Waals surface area contributed by atoms with Crippen molar-refractivity contribution in [2.45, 2.75) is 0 Å². The summed E-state index contributed by atoms with van der Waals surface area (Å²) in [6.45, 7) is 0. The van der Waals surface area contributed by atoms with Gasteiger partial charge >= 0.3 is 0 Å². The maximum Gasteiger partial charge on any atom is 0.135 e. The molecule has 0 N–H and O–H groups in total. The fraction of sp³-hybridized carbons (Fsp3) is 0. The lowest BCUT2D eigenvalue weighted by molar-refractivity contribution is 0.669. The number of thiophene rings is 1. The molecule has 0 saturated carbocycles. The van der Waals surface area contributed by atoms with Crippen LogP contribution in [-0.2, 0) is 0 Å². The molecule has 230 valence electrons. The fourth-order valence-electron chi connectivity index (χ4n) is 7.28. The first-order chi connectivity index (χ1) is 24.3. The normalized spacial score (nSPS) is 11.7. The summed E-state index contributed by atoms with van der Waals surface area (Å²) in [5.41, 5.74) is 10.0. The summed E-state index contributed by atoms with van der Waals surface area (Å²) >= 11 is 1.88. The Morgan fingerprint density at radius 1 is 0.388 bits per heavy atom. The monoisotopic (exact) mass is 643 g/mol. The topological polar surface area (TPSA) is 16.4 Å². The third-order valence-electron chi connectivity index (χ3n) is 9.66. The van der Waals surface area contributed by atoms with Gasteiger partial charge in [-0.2, -0.15) is 0 Å². The quantitative estimate of drug-likeness (QED) is 0.186. The largest absolute Gasteiger partial charge is 0.456 e. The van der Waals surface area contributed by atoms with Gasteiger partial charge in [0.15, 0.2) is 0 Å². The Labute approximate surface area is 287 Å². The van der Waals surface area contributed by atoms with E-state index in [-0.39, 0.29) is 0 Å². The Kier molecular flexibility index (Phi) is 6.39. The molecule has 0 radical (unpaired) electrons. The molecule has 0 bridgehead atoms. The molecule has 0 aliphatic heterocycles. The van der Waals surface area contributed by atoms with Gasteiger partial charge in [0.2, 0.25) is 0 Å². The molecule has 0 atom stereocenters. The predicted octanol–water partition coefficient (Wildman–Crippen LogP) is 13.9. The van der Waals surface area contributed by atoms with Crippen LogP contribution in [-0.4, -0.2) is 0 Å². The van der Waals surface area contributed by atoms with Crippen LogP contribution in [0.15, 0.2) is 180 Å². The molecule has 2 nitrogen and oxygen atoms in total. The number of nitrogens with zero attached hydrogens (tertiary/aromatic N) is 1. The predicted molar refractivity (Wildman–Crippen MR) is 210 cm³/mol. The van der Waals surface area contributed by atoms with E-state index in [9.17, 15) is 0 Å². The van der Waals surface area contributed by atoms with Crippen molar-refractivity contribution in [2.24, 2.45) is 0 Å². The molecule has 0 unspecified atom stereocenters. The fourth-order valence-corrected chi connectivity index (χ4v) is 8.62. The van der Waals surface area contributed by atoms with E-state index in [0.717, 1.165) is 39.0 Å². The summed E-state index contributed by atoms with van der Waals surface area (Å²) in [6, 6.07) is 63.2. The summed E-state index contributed by atoms with van der Waals surface area (Å²) in [6.07, 6.45) is 0. The summed E-state index contributed by atoms with van der Waals surface area (Å²) in [5.74, 6) is 0. The maximum atomic E-state index is 6.24. The number of hydrogen-bond donors (Lipinski definition) is 0. The molecule has 8 aromatic carbocycles. The van der Waals surface area contributed by atoms with Crippen molar-refractivity contribution >= 4 is 81.3 Å². The lowest BCUT2D eigenvalue weighted by Gasteiger charge is -2.26. The van der Waals surface area contributed by atoms with Crippen LogP contribution >= 0.6 is 11.3 Å². The Bertz CT molecular complexity index is 2830. The number of hydrogen-bond acceptors (Lipinski definition) is 3. The number of rotatable bonds is 5. The van der Waals surface area contributed by atoms with E-state index < -0.39 is 0 Å². The molecule has 0 aliphatic carbocycles. The lowest BCUT2D eigenvalue weighted by Crippen LogP contribution is -2.10. The number of furan rings is 1. The van der Waals surface area contributed by atoms with Gasteiger partial charge in [0.1, 0.15) is 11.2 Å². The zero-order chi connectivity index (χ0) is 32.3. The molecule has 0 saturated heterocycles. The Morgan fingerprint density at radius 2 is 1.06 bits per heavy atom. The van der Waals surface area contributed by atoms with E-state index >= 15 is 0 Å². The van der Waals surface area contributed by atoms with E-state index in [1.54, 1.807) is 0 Å². The third kappa shape index (κ3) is 4.62. The second-order valence-electron chi connectivity index (χ2n) is 12.5. The van der Waals surface area contributed by atoms with Crippen LogP contribution in [0.2, 0.25) is 0 Å². The highest BCUT2D eigenvalue weighted by atomic mass is 32.1. The molecule has 10 rings (SSSR count). The zero-order valence-electron chi connectivity index (χ0n) is 26.5. The molecule has 0 aliphatic rings. The Balaban J connectivity index is 1.18. The Hall–Kier alpha value is -6.16. The van der Waals surface area contributed by atoms with Crippen LogP contribution in [0.5, 0.6) is 0 Å². The number of para-hydroxylation sites is 1. The molecule has 49 heavy (non-hydrogen) atoms. The molecule has 2 heterocycles. The van der Waals surface area contributed by atoms with Gasteiger partial charge < -0.3 is 9.32 Å². The maximum absolute atomic E-state index is 6.24. The Morgan fingerprint density at radius 3 is 1.94 bits per heavy atom. The molecule has 0 spiro atoms. The van der Waals surface area contributed by atoms with E-state index in [0.29, 0.717) is 0 Å². The van der Waals surface area contributed by atoms with Crippen molar-refractivity contribution in [1.82, 2.24) is 0 Å². The van der Waals surface area contributed by atoms with E-state index in [1.165, 1.54) is 53.2 Å². The molecular formula is C46H29NOS. The highest BCUT2D eigenvalue weighted by molar-refractivity contribution is 7.27. The van der Waals surface area contributed by atoms with Crippen LogP contribution in [0.4, 0.5) is 17.1 Å². The van der Waals surface area contributed by atoms with Crippen LogP contribution in [0.1, 0.15) is 0 Å². The van der Waals surface area contributed by atoms with E-state index in [4.69, 9.17) is 4.42 Å². The van der Waals surface area contributed by atoms with Crippen LogP contribution in [0.3, 0.4) is 0 Å². The first-order valence-corrected chi connectivity index (χ1v) is 17.4. The standard InChI is InChI=1S/C46H29NOS/c1-2-11-32(12-3-1)37-15-8-16-39-40-17-9-18-42(46(40)49-45(37)39)47(36-26-27-44-41(29-36)38-14-6-7-19-43(38)48-44)35-24-22-31(23-25-35)34-21-20-30-10-4-5-13-33(30)28-34/h1-29H. The lowest BCUT2D eigenvalue weighted by atomic mass is 10.0. The minimum absolute atomic E-state index is 0.893. The van der Waals surface area contributed by atoms with Crippen molar-refractivity contribution in [3.05, 3.63) is 176 Å². The molecule has 3 heteroatoms. The highest BCUT2D eigenvalue weighted by Gasteiger charge is 2.20. The van der Waals surface area contributed by atoms with Gasteiger partial charge in [-0.25, -0.2) is 0 Å². The van der Waals surface area contributed by atoms with E-state index in [2.05, 4.69) is 169 Å². The second-order valence-corrected chi connectivity index (χ2v) is 13.5. The first kappa shape index (κ1) is 27.9.